The monoisotopic (exact) mass is 326 g/mol. The fraction of sp³-hybridized carbons (Fsp3) is 0.643. The number of aromatic nitrogens is 1. The number of morpholine rings is 1. The Kier molecular flexibility index (Phi) is 4.51. The molecule has 3 heterocycles. The summed E-state index contributed by atoms with van der Waals surface area (Å²) in [5.74, 6) is 0. The zero-order valence-corrected chi connectivity index (χ0v) is 13.3. The number of ether oxygens (including phenoxy) is 1. The molecule has 2 saturated heterocycles. The third-order valence-electron chi connectivity index (χ3n) is 4.30. The number of nitrogens with two attached hydrogens (primary N) is 1. The molecule has 2 fully saturated rings. The fourth-order valence-corrected chi connectivity index (χ4v) is 4.93. The highest BCUT2D eigenvalue weighted by Gasteiger charge is 2.35. The summed E-state index contributed by atoms with van der Waals surface area (Å²) in [5.41, 5.74) is 7.34. The van der Waals surface area contributed by atoms with Gasteiger partial charge in [-0.05, 0) is 18.9 Å². The van der Waals surface area contributed by atoms with E-state index in [-0.39, 0.29) is 5.25 Å². The minimum Gasteiger partial charge on any atom is -0.397 e. The second-order valence-electron chi connectivity index (χ2n) is 5.72. The molecule has 2 N–H and O–H groups in total. The van der Waals surface area contributed by atoms with Gasteiger partial charge < -0.3 is 15.4 Å². The van der Waals surface area contributed by atoms with Crippen molar-refractivity contribution in [3.8, 4) is 0 Å². The first-order valence-electron chi connectivity index (χ1n) is 7.59. The maximum atomic E-state index is 12.7. The van der Waals surface area contributed by atoms with Crippen LogP contribution in [-0.4, -0.2) is 62.3 Å². The number of nitrogen functional groups attached to an aromatic ring is 1. The van der Waals surface area contributed by atoms with Gasteiger partial charge in [0.15, 0.2) is 0 Å². The zero-order valence-electron chi connectivity index (χ0n) is 12.5. The number of pyridine rings is 1. The summed E-state index contributed by atoms with van der Waals surface area (Å²) in [6.07, 6.45) is 4.65. The Hall–Kier alpha value is -1.38. The lowest BCUT2D eigenvalue weighted by Crippen LogP contribution is -2.48. The number of hydrogen-bond acceptors (Lipinski definition) is 6. The number of piperidine rings is 1. The molecule has 0 aliphatic carbocycles. The number of nitrogens with zero attached hydrogens (tertiary/aromatic N) is 3. The van der Waals surface area contributed by atoms with Crippen LogP contribution in [-0.2, 0) is 14.8 Å². The maximum absolute atomic E-state index is 12.7. The van der Waals surface area contributed by atoms with Crippen LogP contribution in [0.25, 0.3) is 0 Å². The zero-order chi connectivity index (χ0) is 15.6. The molecule has 7 nitrogen and oxygen atoms in total. The quantitative estimate of drug-likeness (QED) is 0.859. The first-order chi connectivity index (χ1) is 10.6. The lowest BCUT2D eigenvalue weighted by atomic mass is 10.1. The molecule has 0 radical (unpaired) electrons. The predicted molar refractivity (Wildman–Crippen MR) is 85.2 cm³/mol. The molecule has 0 atom stereocenters. The summed E-state index contributed by atoms with van der Waals surface area (Å²) in [5, 5.41) is -0.295. The van der Waals surface area contributed by atoms with E-state index in [1.165, 1.54) is 0 Å². The minimum atomic E-state index is -3.21. The van der Waals surface area contributed by atoms with Crippen LogP contribution in [0, 0.1) is 0 Å². The van der Waals surface area contributed by atoms with E-state index in [1.807, 2.05) is 6.07 Å². The summed E-state index contributed by atoms with van der Waals surface area (Å²) in [7, 11) is -3.21. The lowest BCUT2D eigenvalue weighted by Gasteiger charge is -2.36. The molecule has 8 heteroatoms. The Bertz CT molecular complexity index is 608. The van der Waals surface area contributed by atoms with Gasteiger partial charge in [0.25, 0.3) is 0 Å². The normalized spacial score (nSPS) is 21.9. The van der Waals surface area contributed by atoms with Gasteiger partial charge in [-0.1, -0.05) is 0 Å². The molecule has 22 heavy (non-hydrogen) atoms. The van der Waals surface area contributed by atoms with Crippen LogP contribution in [0.2, 0.25) is 0 Å². The van der Waals surface area contributed by atoms with Crippen molar-refractivity contribution in [2.75, 3.05) is 50.0 Å². The molecule has 122 valence electrons. The van der Waals surface area contributed by atoms with E-state index in [0.29, 0.717) is 57.9 Å². The van der Waals surface area contributed by atoms with Crippen LogP contribution < -0.4 is 10.6 Å². The molecule has 0 spiro atoms. The second-order valence-corrected chi connectivity index (χ2v) is 7.93. The molecule has 2 aliphatic rings. The molecule has 1 aromatic heterocycles. The number of anilines is 2. The first kappa shape index (κ1) is 15.5. The Balaban J connectivity index is 1.63. The summed E-state index contributed by atoms with van der Waals surface area (Å²) in [6.45, 7) is 3.35. The SMILES string of the molecule is Nc1cncc(N2CCC(S(=O)(=O)N3CCOCC3)CC2)c1. The van der Waals surface area contributed by atoms with Crippen molar-refractivity contribution in [2.45, 2.75) is 18.1 Å². The first-order valence-corrected chi connectivity index (χ1v) is 9.10. The van der Waals surface area contributed by atoms with Gasteiger partial charge in [0.1, 0.15) is 0 Å². The van der Waals surface area contributed by atoms with Gasteiger partial charge in [-0.25, -0.2) is 8.42 Å². The molecule has 0 bridgehead atoms. The summed E-state index contributed by atoms with van der Waals surface area (Å²) in [4.78, 5) is 6.24. The van der Waals surface area contributed by atoms with Crippen LogP contribution in [0.1, 0.15) is 12.8 Å². The molecule has 2 aliphatic heterocycles. The highest BCUT2D eigenvalue weighted by atomic mass is 32.2. The standard InChI is InChI=1S/C14H22N4O3S/c15-12-9-13(11-16-10-12)17-3-1-14(2-4-17)22(19,20)18-5-7-21-8-6-18/h9-11,14H,1-8,15H2. The molecular formula is C14H22N4O3S. The van der Waals surface area contributed by atoms with Crippen LogP contribution >= 0.6 is 0 Å². The van der Waals surface area contributed by atoms with Gasteiger partial charge in [-0.2, -0.15) is 4.31 Å². The minimum absolute atomic E-state index is 0.295. The van der Waals surface area contributed by atoms with Crippen molar-refractivity contribution in [2.24, 2.45) is 0 Å². The van der Waals surface area contributed by atoms with Crippen LogP contribution in [0.3, 0.4) is 0 Å². The highest BCUT2D eigenvalue weighted by Crippen LogP contribution is 2.26. The van der Waals surface area contributed by atoms with Crippen LogP contribution in [0.15, 0.2) is 18.5 Å². The van der Waals surface area contributed by atoms with Crippen molar-refractivity contribution in [1.82, 2.24) is 9.29 Å². The van der Waals surface area contributed by atoms with E-state index in [0.717, 1.165) is 5.69 Å². The average Bonchev–Trinajstić information content (AvgIpc) is 2.56. The van der Waals surface area contributed by atoms with E-state index in [9.17, 15) is 8.42 Å². The predicted octanol–water partition coefficient (Wildman–Crippen LogP) is 0.295. The Morgan fingerprint density at radius 2 is 1.82 bits per heavy atom. The average molecular weight is 326 g/mol. The molecule has 1 aromatic rings. The Labute approximate surface area is 131 Å². The van der Waals surface area contributed by atoms with Crippen LogP contribution in [0.5, 0.6) is 0 Å². The molecule has 0 unspecified atom stereocenters. The van der Waals surface area contributed by atoms with Crippen LogP contribution in [0.4, 0.5) is 11.4 Å². The topological polar surface area (TPSA) is 88.8 Å². The fourth-order valence-electron chi connectivity index (χ4n) is 3.04. The van der Waals surface area contributed by atoms with E-state index >= 15 is 0 Å². The van der Waals surface area contributed by atoms with Crippen molar-refractivity contribution in [1.29, 1.82) is 0 Å². The summed E-state index contributed by atoms with van der Waals surface area (Å²) in [6, 6.07) is 1.88. The van der Waals surface area contributed by atoms with Gasteiger partial charge in [0.2, 0.25) is 10.0 Å². The Morgan fingerprint density at radius 1 is 1.14 bits per heavy atom. The highest BCUT2D eigenvalue weighted by molar-refractivity contribution is 7.89. The number of sulfonamides is 1. The third-order valence-corrected chi connectivity index (χ3v) is 6.70. The summed E-state index contributed by atoms with van der Waals surface area (Å²) < 4.78 is 32.1. The lowest BCUT2D eigenvalue weighted by molar-refractivity contribution is 0.0724. The maximum Gasteiger partial charge on any atom is 0.217 e. The van der Waals surface area contributed by atoms with Gasteiger partial charge >= 0.3 is 0 Å². The van der Waals surface area contributed by atoms with E-state index < -0.39 is 10.0 Å². The smallest absolute Gasteiger partial charge is 0.217 e. The summed E-state index contributed by atoms with van der Waals surface area (Å²) >= 11 is 0. The molecule has 3 rings (SSSR count). The van der Waals surface area contributed by atoms with E-state index in [4.69, 9.17) is 10.5 Å². The number of rotatable bonds is 3. The van der Waals surface area contributed by atoms with Crippen molar-refractivity contribution >= 4 is 21.4 Å². The molecule has 0 amide bonds. The second kappa shape index (κ2) is 6.39. The Morgan fingerprint density at radius 3 is 2.45 bits per heavy atom. The number of hydrogen-bond donors (Lipinski definition) is 1. The third kappa shape index (κ3) is 3.18. The molecular weight excluding hydrogens is 304 g/mol. The van der Waals surface area contributed by atoms with Crippen molar-refractivity contribution in [3.63, 3.8) is 0 Å². The van der Waals surface area contributed by atoms with Crippen molar-refractivity contribution < 1.29 is 13.2 Å². The molecule has 0 saturated carbocycles. The largest absolute Gasteiger partial charge is 0.397 e. The van der Waals surface area contributed by atoms with E-state index in [1.54, 1.807) is 16.7 Å². The van der Waals surface area contributed by atoms with Gasteiger partial charge in [0.05, 0.1) is 36.0 Å². The van der Waals surface area contributed by atoms with Gasteiger partial charge in [-0.15, -0.1) is 0 Å². The van der Waals surface area contributed by atoms with E-state index in [2.05, 4.69) is 9.88 Å². The van der Waals surface area contributed by atoms with Crippen molar-refractivity contribution in [3.05, 3.63) is 18.5 Å². The van der Waals surface area contributed by atoms with Gasteiger partial charge in [-0.3, -0.25) is 4.98 Å². The molecule has 0 aromatic carbocycles. The van der Waals surface area contributed by atoms with Gasteiger partial charge in [0, 0.05) is 32.4 Å².